The molecule has 1 aromatic rings. The van der Waals surface area contributed by atoms with Crippen LogP contribution in [0.4, 0.5) is 0 Å². The molecule has 4 heteroatoms. The van der Waals surface area contributed by atoms with E-state index in [2.05, 4.69) is 19.2 Å². The van der Waals surface area contributed by atoms with Crippen LogP contribution in [-0.2, 0) is 9.53 Å². The predicted octanol–water partition coefficient (Wildman–Crippen LogP) is 1.86. The molecule has 0 aliphatic carbocycles. The monoisotopic (exact) mass is 264 g/mol. The van der Waals surface area contributed by atoms with Gasteiger partial charge in [0.15, 0.2) is 6.10 Å². The molecule has 2 unspecified atom stereocenters. The van der Waals surface area contributed by atoms with E-state index >= 15 is 0 Å². The van der Waals surface area contributed by atoms with Crippen LogP contribution in [0.5, 0.6) is 0 Å². The Labute approximate surface area is 115 Å². The van der Waals surface area contributed by atoms with Gasteiger partial charge in [-0.1, -0.05) is 44.2 Å². The molecular formula is C15H24N2O2. The number of hydrogen-bond donors (Lipinski definition) is 2. The van der Waals surface area contributed by atoms with Crippen LogP contribution in [0.1, 0.15) is 31.9 Å². The summed E-state index contributed by atoms with van der Waals surface area (Å²) in [4.78, 5) is 12.1. The van der Waals surface area contributed by atoms with Crippen molar-refractivity contribution >= 4 is 5.91 Å². The Morgan fingerprint density at radius 3 is 2.47 bits per heavy atom. The maximum Gasteiger partial charge on any atom is 0.253 e. The summed E-state index contributed by atoms with van der Waals surface area (Å²) < 4.78 is 5.26. The van der Waals surface area contributed by atoms with Gasteiger partial charge in [0.25, 0.3) is 5.91 Å². The third kappa shape index (κ3) is 5.41. The van der Waals surface area contributed by atoms with Crippen LogP contribution >= 0.6 is 0 Å². The number of nitrogens with two attached hydrogens (primary N) is 1. The molecule has 1 aromatic carbocycles. The lowest BCUT2D eigenvalue weighted by molar-refractivity contribution is -0.131. The summed E-state index contributed by atoms with van der Waals surface area (Å²) in [7, 11) is 1.53. The molecule has 0 aliphatic heterocycles. The zero-order valence-corrected chi connectivity index (χ0v) is 11.9. The molecule has 0 fully saturated rings. The van der Waals surface area contributed by atoms with E-state index in [9.17, 15) is 4.79 Å². The second-order valence-corrected chi connectivity index (χ2v) is 5.16. The predicted molar refractivity (Wildman–Crippen MR) is 76.6 cm³/mol. The number of ether oxygens (including phenoxy) is 1. The molecule has 0 heterocycles. The lowest BCUT2D eigenvalue weighted by Gasteiger charge is -2.19. The number of carbonyl (C=O) groups excluding carboxylic acids is 1. The van der Waals surface area contributed by atoms with Gasteiger partial charge >= 0.3 is 0 Å². The van der Waals surface area contributed by atoms with E-state index < -0.39 is 6.10 Å². The summed E-state index contributed by atoms with van der Waals surface area (Å²) in [5, 5.41) is 2.85. The Hall–Kier alpha value is -1.39. The molecule has 19 heavy (non-hydrogen) atoms. The third-order valence-electron chi connectivity index (χ3n) is 2.89. The molecule has 1 amide bonds. The van der Waals surface area contributed by atoms with Gasteiger partial charge in [-0.2, -0.15) is 0 Å². The SMILES string of the molecule is COC(C(=O)NCC(N)CC(C)C)c1ccccc1. The van der Waals surface area contributed by atoms with Gasteiger partial charge in [-0.25, -0.2) is 0 Å². The molecule has 4 nitrogen and oxygen atoms in total. The molecule has 1 rings (SSSR count). The van der Waals surface area contributed by atoms with Crippen molar-refractivity contribution in [3.63, 3.8) is 0 Å². The number of amides is 1. The number of benzene rings is 1. The highest BCUT2D eigenvalue weighted by atomic mass is 16.5. The number of hydrogen-bond acceptors (Lipinski definition) is 3. The van der Waals surface area contributed by atoms with Crippen molar-refractivity contribution in [3.05, 3.63) is 35.9 Å². The topological polar surface area (TPSA) is 64.3 Å². The van der Waals surface area contributed by atoms with Crippen LogP contribution in [0.2, 0.25) is 0 Å². The van der Waals surface area contributed by atoms with Gasteiger partial charge in [0, 0.05) is 19.7 Å². The molecule has 0 aliphatic rings. The summed E-state index contributed by atoms with van der Waals surface area (Å²) in [6.45, 7) is 4.71. The Morgan fingerprint density at radius 2 is 1.95 bits per heavy atom. The van der Waals surface area contributed by atoms with Crippen molar-refractivity contribution in [2.24, 2.45) is 11.7 Å². The van der Waals surface area contributed by atoms with E-state index in [1.54, 1.807) is 0 Å². The maximum absolute atomic E-state index is 12.1. The van der Waals surface area contributed by atoms with Crippen LogP contribution in [0, 0.1) is 5.92 Å². The quantitative estimate of drug-likeness (QED) is 0.790. The number of methoxy groups -OCH3 is 1. The number of rotatable bonds is 7. The number of carbonyl (C=O) groups is 1. The van der Waals surface area contributed by atoms with Crippen molar-refractivity contribution in [1.29, 1.82) is 0 Å². The molecule has 0 radical (unpaired) electrons. The van der Waals surface area contributed by atoms with Gasteiger partial charge in [0.1, 0.15) is 0 Å². The van der Waals surface area contributed by atoms with Gasteiger partial charge in [-0.3, -0.25) is 4.79 Å². The Morgan fingerprint density at radius 1 is 1.32 bits per heavy atom. The summed E-state index contributed by atoms with van der Waals surface area (Å²) in [5.74, 6) is 0.382. The minimum atomic E-state index is -0.576. The van der Waals surface area contributed by atoms with Gasteiger partial charge in [-0.15, -0.1) is 0 Å². The molecule has 3 N–H and O–H groups in total. The smallest absolute Gasteiger partial charge is 0.253 e. The van der Waals surface area contributed by atoms with Crippen LogP contribution in [0.3, 0.4) is 0 Å². The van der Waals surface area contributed by atoms with Gasteiger partial charge in [-0.05, 0) is 17.9 Å². The normalized spacial score (nSPS) is 14.2. The van der Waals surface area contributed by atoms with Crippen LogP contribution in [0.15, 0.2) is 30.3 Å². The van der Waals surface area contributed by atoms with Crippen molar-refractivity contribution in [3.8, 4) is 0 Å². The van der Waals surface area contributed by atoms with E-state index in [0.29, 0.717) is 12.5 Å². The third-order valence-corrected chi connectivity index (χ3v) is 2.89. The Bertz CT molecular complexity index is 379. The summed E-state index contributed by atoms with van der Waals surface area (Å²) >= 11 is 0. The summed E-state index contributed by atoms with van der Waals surface area (Å²) in [6.07, 6.45) is 0.316. The van der Waals surface area contributed by atoms with Gasteiger partial charge < -0.3 is 15.8 Å². The first kappa shape index (κ1) is 15.7. The fraction of sp³-hybridized carbons (Fsp3) is 0.533. The van der Waals surface area contributed by atoms with Crippen molar-refractivity contribution in [2.45, 2.75) is 32.4 Å². The van der Waals surface area contributed by atoms with E-state index in [4.69, 9.17) is 10.5 Å². The van der Waals surface area contributed by atoms with Crippen molar-refractivity contribution in [2.75, 3.05) is 13.7 Å². The molecule has 2 atom stereocenters. The molecule has 0 bridgehead atoms. The van der Waals surface area contributed by atoms with E-state index in [-0.39, 0.29) is 11.9 Å². The first-order chi connectivity index (χ1) is 9.04. The largest absolute Gasteiger partial charge is 0.367 e. The fourth-order valence-corrected chi connectivity index (χ4v) is 2.04. The summed E-state index contributed by atoms with van der Waals surface area (Å²) in [5.41, 5.74) is 6.79. The molecule has 0 spiro atoms. The lowest BCUT2D eigenvalue weighted by atomic mass is 10.0. The Kier molecular flexibility index (Phi) is 6.53. The molecular weight excluding hydrogens is 240 g/mol. The standard InChI is InChI=1S/C15H24N2O2/c1-11(2)9-13(16)10-17-15(18)14(19-3)12-7-5-4-6-8-12/h4-8,11,13-14H,9-10,16H2,1-3H3,(H,17,18). The van der Waals surface area contributed by atoms with E-state index in [1.165, 1.54) is 7.11 Å². The number of nitrogens with one attached hydrogen (secondary N) is 1. The highest BCUT2D eigenvalue weighted by Crippen LogP contribution is 2.16. The van der Waals surface area contributed by atoms with Gasteiger partial charge in [0.2, 0.25) is 0 Å². The first-order valence-corrected chi connectivity index (χ1v) is 6.65. The Balaban J connectivity index is 2.51. The zero-order valence-electron chi connectivity index (χ0n) is 11.9. The fourth-order valence-electron chi connectivity index (χ4n) is 2.04. The molecule has 0 aromatic heterocycles. The first-order valence-electron chi connectivity index (χ1n) is 6.65. The maximum atomic E-state index is 12.1. The van der Waals surface area contributed by atoms with E-state index in [1.807, 2.05) is 30.3 Å². The van der Waals surface area contributed by atoms with Crippen LogP contribution in [0.25, 0.3) is 0 Å². The zero-order chi connectivity index (χ0) is 14.3. The second kappa shape index (κ2) is 7.92. The lowest BCUT2D eigenvalue weighted by Crippen LogP contribution is -2.40. The van der Waals surface area contributed by atoms with Crippen molar-refractivity contribution in [1.82, 2.24) is 5.32 Å². The average molecular weight is 264 g/mol. The molecule has 106 valence electrons. The minimum absolute atomic E-state index is 0.0165. The van der Waals surface area contributed by atoms with E-state index in [0.717, 1.165) is 12.0 Å². The van der Waals surface area contributed by atoms with Crippen LogP contribution < -0.4 is 11.1 Å². The minimum Gasteiger partial charge on any atom is -0.367 e. The van der Waals surface area contributed by atoms with Crippen molar-refractivity contribution < 1.29 is 9.53 Å². The molecule has 0 saturated carbocycles. The summed E-state index contributed by atoms with van der Waals surface area (Å²) in [6, 6.07) is 9.42. The second-order valence-electron chi connectivity index (χ2n) is 5.16. The molecule has 0 saturated heterocycles. The van der Waals surface area contributed by atoms with Gasteiger partial charge in [0.05, 0.1) is 0 Å². The average Bonchev–Trinajstić information content (AvgIpc) is 2.38. The van der Waals surface area contributed by atoms with Crippen LogP contribution in [-0.4, -0.2) is 25.6 Å². The highest BCUT2D eigenvalue weighted by Gasteiger charge is 2.20. The highest BCUT2D eigenvalue weighted by molar-refractivity contribution is 5.82.